The van der Waals surface area contributed by atoms with Crippen molar-refractivity contribution in [1.82, 2.24) is 9.78 Å². The summed E-state index contributed by atoms with van der Waals surface area (Å²) < 4.78 is 1.71. The van der Waals surface area contributed by atoms with Gasteiger partial charge in [-0.05, 0) is 40.5 Å². The molecule has 6 heteroatoms. The van der Waals surface area contributed by atoms with E-state index in [1.807, 2.05) is 61.5 Å². The molecule has 0 saturated heterocycles. The highest BCUT2D eigenvalue weighted by Gasteiger charge is 2.09. The van der Waals surface area contributed by atoms with Crippen LogP contribution in [0, 0.1) is 6.92 Å². The third kappa shape index (κ3) is 3.60. The van der Waals surface area contributed by atoms with Crippen LogP contribution in [0.2, 0.25) is 0 Å². The Kier molecular flexibility index (Phi) is 4.86. The van der Waals surface area contributed by atoms with E-state index in [0.29, 0.717) is 15.8 Å². The van der Waals surface area contributed by atoms with Crippen molar-refractivity contribution in [2.45, 2.75) is 6.92 Å². The van der Waals surface area contributed by atoms with Crippen molar-refractivity contribution in [3.05, 3.63) is 86.7 Å². The van der Waals surface area contributed by atoms with E-state index in [1.54, 1.807) is 12.4 Å². The lowest BCUT2D eigenvalue weighted by Crippen LogP contribution is -2.22. The smallest absolute Gasteiger partial charge is 0.275 e. The first-order valence-corrected chi connectivity index (χ1v) is 8.13. The lowest BCUT2D eigenvalue weighted by molar-refractivity contribution is 0.801. The minimum absolute atomic E-state index is 0.253. The Labute approximate surface area is 147 Å². The fourth-order valence-electron chi connectivity index (χ4n) is 2.19. The van der Waals surface area contributed by atoms with E-state index in [1.165, 1.54) is 4.68 Å². The molecule has 0 bridgehead atoms. The second-order valence-electron chi connectivity index (χ2n) is 5.21. The number of nitrogens with zero attached hydrogens (tertiary/aromatic N) is 3. The summed E-state index contributed by atoms with van der Waals surface area (Å²) >= 11 is 3.32. The maximum absolute atomic E-state index is 12.4. The van der Waals surface area contributed by atoms with Crippen molar-refractivity contribution < 1.29 is 0 Å². The van der Waals surface area contributed by atoms with Gasteiger partial charge >= 0.3 is 0 Å². The second-order valence-corrected chi connectivity index (χ2v) is 6.00. The quantitative estimate of drug-likeness (QED) is 0.552. The van der Waals surface area contributed by atoms with Crippen LogP contribution in [-0.4, -0.2) is 16.0 Å². The van der Waals surface area contributed by atoms with Crippen LogP contribution in [-0.2, 0) is 0 Å². The molecule has 2 aromatic carbocycles. The lowest BCUT2D eigenvalue weighted by atomic mass is 10.2. The van der Waals surface area contributed by atoms with Crippen LogP contribution in [0.1, 0.15) is 11.1 Å². The molecule has 24 heavy (non-hydrogen) atoms. The van der Waals surface area contributed by atoms with Crippen molar-refractivity contribution in [2.75, 3.05) is 5.43 Å². The monoisotopic (exact) mass is 382 g/mol. The number of para-hydroxylation sites is 1. The molecule has 0 aliphatic rings. The van der Waals surface area contributed by atoms with Crippen LogP contribution in [0.5, 0.6) is 0 Å². The molecule has 0 aliphatic carbocycles. The van der Waals surface area contributed by atoms with Crippen LogP contribution in [0.15, 0.2) is 75.2 Å². The third-order valence-electron chi connectivity index (χ3n) is 3.36. The molecule has 0 aliphatic heterocycles. The Morgan fingerprint density at radius 2 is 1.96 bits per heavy atom. The zero-order valence-corrected chi connectivity index (χ0v) is 14.6. The number of hydrazone groups is 1. The summed E-state index contributed by atoms with van der Waals surface area (Å²) in [7, 11) is 0. The molecular weight excluding hydrogens is 368 g/mol. The van der Waals surface area contributed by atoms with Gasteiger partial charge in [0.05, 0.1) is 23.8 Å². The number of hydrogen-bond acceptors (Lipinski definition) is 4. The first-order valence-electron chi connectivity index (χ1n) is 7.34. The van der Waals surface area contributed by atoms with E-state index in [0.717, 1.165) is 11.1 Å². The predicted octanol–water partition coefficient (Wildman–Crippen LogP) is 3.75. The van der Waals surface area contributed by atoms with E-state index in [9.17, 15) is 4.79 Å². The van der Waals surface area contributed by atoms with E-state index >= 15 is 0 Å². The highest BCUT2D eigenvalue weighted by molar-refractivity contribution is 9.10. The largest absolute Gasteiger partial charge is 0.287 e. The average Bonchev–Trinajstić information content (AvgIpc) is 2.60. The van der Waals surface area contributed by atoms with Crippen molar-refractivity contribution in [1.29, 1.82) is 0 Å². The summed E-state index contributed by atoms with van der Waals surface area (Å²) in [4.78, 5) is 12.4. The van der Waals surface area contributed by atoms with Gasteiger partial charge in [-0.2, -0.15) is 14.9 Å². The summed E-state index contributed by atoms with van der Waals surface area (Å²) in [5.74, 6) is 0. The molecule has 0 unspecified atom stereocenters. The van der Waals surface area contributed by atoms with Gasteiger partial charge in [-0.3, -0.25) is 10.2 Å². The average molecular weight is 383 g/mol. The SMILES string of the molecule is Cc1cccc(/C=N/Nc2cnn(-c3ccccc3)c(=O)c2Br)c1. The Morgan fingerprint density at radius 1 is 1.17 bits per heavy atom. The first-order chi connectivity index (χ1) is 11.6. The number of anilines is 1. The van der Waals surface area contributed by atoms with Gasteiger partial charge in [0.25, 0.3) is 5.56 Å². The molecule has 1 heterocycles. The molecule has 3 rings (SSSR count). The zero-order valence-electron chi connectivity index (χ0n) is 13.0. The van der Waals surface area contributed by atoms with Crippen LogP contribution in [0.3, 0.4) is 0 Å². The van der Waals surface area contributed by atoms with Gasteiger partial charge in [-0.15, -0.1) is 0 Å². The number of nitrogens with one attached hydrogen (secondary N) is 1. The van der Waals surface area contributed by atoms with Crippen molar-refractivity contribution >= 4 is 27.8 Å². The Morgan fingerprint density at radius 3 is 2.71 bits per heavy atom. The number of benzene rings is 2. The van der Waals surface area contributed by atoms with Gasteiger partial charge in [-0.25, -0.2) is 0 Å². The van der Waals surface area contributed by atoms with Crippen molar-refractivity contribution in [3.8, 4) is 5.69 Å². The lowest BCUT2D eigenvalue weighted by Gasteiger charge is -2.07. The summed E-state index contributed by atoms with van der Waals surface area (Å²) in [6.45, 7) is 2.02. The molecule has 1 aromatic heterocycles. The molecular formula is C18H15BrN4O. The summed E-state index contributed by atoms with van der Waals surface area (Å²) in [6.07, 6.45) is 3.26. The summed E-state index contributed by atoms with van der Waals surface area (Å²) in [6, 6.07) is 17.2. The van der Waals surface area contributed by atoms with Crippen LogP contribution in [0.4, 0.5) is 5.69 Å². The van der Waals surface area contributed by atoms with Crippen molar-refractivity contribution in [3.63, 3.8) is 0 Å². The number of rotatable bonds is 4. The minimum Gasteiger partial charge on any atom is -0.275 e. The molecule has 0 fully saturated rings. The van der Waals surface area contributed by atoms with Gasteiger partial charge < -0.3 is 0 Å². The van der Waals surface area contributed by atoms with E-state index < -0.39 is 0 Å². The molecule has 5 nitrogen and oxygen atoms in total. The highest BCUT2D eigenvalue weighted by atomic mass is 79.9. The van der Waals surface area contributed by atoms with Crippen LogP contribution < -0.4 is 11.0 Å². The molecule has 0 radical (unpaired) electrons. The fourth-order valence-corrected chi connectivity index (χ4v) is 2.55. The maximum Gasteiger partial charge on any atom is 0.287 e. The number of aromatic nitrogens is 2. The number of hydrogen-bond donors (Lipinski definition) is 1. The second kappa shape index (κ2) is 7.23. The molecule has 0 amide bonds. The predicted molar refractivity (Wildman–Crippen MR) is 99.9 cm³/mol. The number of aryl methyl sites for hydroxylation is 1. The Balaban J connectivity index is 1.83. The Hall–Kier alpha value is -2.73. The topological polar surface area (TPSA) is 59.3 Å². The molecule has 0 spiro atoms. The van der Waals surface area contributed by atoms with Gasteiger partial charge in [0.2, 0.25) is 0 Å². The number of halogens is 1. The molecule has 3 aromatic rings. The van der Waals surface area contributed by atoms with Gasteiger partial charge in [0, 0.05) is 0 Å². The fraction of sp³-hybridized carbons (Fsp3) is 0.0556. The molecule has 120 valence electrons. The van der Waals surface area contributed by atoms with Crippen molar-refractivity contribution in [2.24, 2.45) is 5.10 Å². The van der Waals surface area contributed by atoms with E-state index in [4.69, 9.17) is 0 Å². The molecule has 0 atom stereocenters. The summed E-state index contributed by atoms with van der Waals surface area (Å²) in [5.41, 5.74) is 5.95. The van der Waals surface area contributed by atoms with Crippen LogP contribution >= 0.6 is 15.9 Å². The summed E-state index contributed by atoms with van der Waals surface area (Å²) in [5, 5.41) is 8.35. The maximum atomic E-state index is 12.4. The normalized spacial score (nSPS) is 10.9. The Bertz CT molecular complexity index is 935. The van der Waals surface area contributed by atoms with E-state index in [-0.39, 0.29) is 5.56 Å². The van der Waals surface area contributed by atoms with Crippen LogP contribution in [0.25, 0.3) is 5.69 Å². The van der Waals surface area contributed by atoms with E-state index in [2.05, 4.69) is 31.6 Å². The third-order valence-corrected chi connectivity index (χ3v) is 4.13. The molecule has 1 N–H and O–H groups in total. The standard InChI is InChI=1S/C18H15BrN4O/c1-13-6-5-7-14(10-13)11-20-22-16-12-21-23(18(24)17(16)19)15-8-3-2-4-9-15/h2-12,22H,1H3/b20-11+. The molecule has 0 saturated carbocycles. The van der Waals surface area contributed by atoms with Gasteiger partial charge in [0.1, 0.15) is 4.47 Å². The first kappa shape index (κ1) is 16.1. The van der Waals surface area contributed by atoms with Gasteiger partial charge in [0.15, 0.2) is 0 Å². The highest BCUT2D eigenvalue weighted by Crippen LogP contribution is 2.17. The zero-order chi connectivity index (χ0) is 16.9. The minimum atomic E-state index is -0.253. The van der Waals surface area contributed by atoms with Gasteiger partial charge in [-0.1, -0.05) is 48.0 Å².